The zero-order valence-corrected chi connectivity index (χ0v) is 12.7. The maximum atomic E-state index is 13.2. The number of nitrogens with zero attached hydrogens (tertiary/aromatic N) is 2. The van der Waals surface area contributed by atoms with Crippen molar-refractivity contribution in [1.29, 1.82) is 0 Å². The molecule has 1 aromatic heterocycles. The lowest BCUT2D eigenvalue weighted by molar-refractivity contribution is 0.0954. The molecule has 0 saturated carbocycles. The van der Waals surface area contributed by atoms with E-state index in [9.17, 15) is 9.18 Å². The van der Waals surface area contributed by atoms with Gasteiger partial charge in [0.1, 0.15) is 5.82 Å². The van der Waals surface area contributed by atoms with Crippen LogP contribution in [0.15, 0.2) is 84.2 Å². The number of hydrazone groups is 1. The molecule has 0 aliphatic heterocycles. The minimum Gasteiger partial charge on any atom is -0.267 e. The molecular weight excluding hydrogens is 305 g/mol. The van der Waals surface area contributed by atoms with E-state index in [-0.39, 0.29) is 5.56 Å². The van der Waals surface area contributed by atoms with Crippen molar-refractivity contribution >= 4 is 11.6 Å². The number of amides is 1. The van der Waals surface area contributed by atoms with Crippen LogP contribution in [0.25, 0.3) is 0 Å². The quantitative estimate of drug-likeness (QED) is 0.592. The van der Waals surface area contributed by atoms with Crippen LogP contribution in [-0.4, -0.2) is 16.6 Å². The second-order valence-corrected chi connectivity index (χ2v) is 5.02. The van der Waals surface area contributed by atoms with Crippen LogP contribution in [0.3, 0.4) is 0 Å². The molecule has 1 amide bonds. The van der Waals surface area contributed by atoms with Gasteiger partial charge in [-0.1, -0.05) is 36.4 Å². The van der Waals surface area contributed by atoms with Crippen LogP contribution in [0.1, 0.15) is 21.5 Å². The first-order chi connectivity index (χ1) is 11.7. The number of carbonyl (C=O) groups is 1. The first-order valence-corrected chi connectivity index (χ1v) is 7.33. The second-order valence-electron chi connectivity index (χ2n) is 5.02. The lowest BCUT2D eigenvalue weighted by Crippen LogP contribution is -2.20. The van der Waals surface area contributed by atoms with Crippen LogP contribution in [0.2, 0.25) is 0 Å². The molecule has 2 aromatic carbocycles. The fraction of sp³-hybridized carbons (Fsp3) is 0. The molecule has 0 fully saturated rings. The van der Waals surface area contributed by atoms with Crippen LogP contribution < -0.4 is 5.43 Å². The fourth-order valence-electron chi connectivity index (χ4n) is 2.20. The Labute approximate surface area is 138 Å². The Morgan fingerprint density at radius 1 is 0.917 bits per heavy atom. The molecule has 118 valence electrons. The molecule has 24 heavy (non-hydrogen) atoms. The molecule has 0 radical (unpaired) electrons. The van der Waals surface area contributed by atoms with Crippen LogP contribution in [0.4, 0.5) is 4.39 Å². The van der Waals surface area contributed by atoms with E-state index in [2.05, 4.69) is 15.5 Å². The van der Waals surface area contributed by atoms with Gasteiger partial charge in [-0.25, -0.2) is 9.82 Å². The summed E-state index contributed by atoms with van der Waals surface area (Å²) in [5, 5.41) is 4.22. The summed E-state index contributed by atoms with van der Waals surface area (Å²) in [6, 6.07) is 18.5. The fourth-order valence-corrected chi connectivity index (χ4v) is 2.20. The number of pyridine rings is 1. The summed E-state index contributed by atoms with van der Waals surface area (Å²) < 4.78 is 13.2. The van der Waals surface area contributed by atoms with Crippen molar-refractivity contribution < 1.29 is 9.18 Å². The first-order valence-electron chi connectivity index (χ1n) is 7.33. The molecule has 0 unspecified atom stereocenters. The number of benzene rings is 2. The molecule has 3 aromatic rings. The van der Waals surface area contributed by atoms with E-state index >= 15 is 0 Å². The summed E-state index contributed by atoms with van der Waals surface area (Å²) in [4.78, 5) is 16.2. The summed E-state index contributed by atoms with van der Waals surface area (Å²) >= 11 is 0. The van der Waals surface area contributed by atoms with E-state index in [1.165, 1.54) is 18.2 Å². The summed E-state index contributed by atoms with van der Waals surface area (Å²) in [6.45, 7) is 0. The SMILES string of the molecule is O=C(N/N=C(/c1ccccc1)c1cccnc1)c1cccc(F)c1. The molecule has 5 heteroatoms. The van der Waals surface area contributed by atoms with Crippen LogP contribution in [-0.2, 0) is 0 Å². The van der Waals surface area contributed by atoms with E-state index in [0.29, 0.717) is 5.71 Å². The van der Waals surface area contributed by atoms with Crippen molar-refractivity contribution in [3.05, 3.63) is 102 Å². The van der Waals surface area contributed by atoms with Crippen molar-refractivity contribution in [2.24, 2.45) is 5.10 Å². The van der Waals surface area contributed by atoms with Gasteiger partial charge in [0.25, 0.3) is 5.91 Å². The Bertz CT molecular complexity index is 823. The summed E-state index contributed by atoms with van der Waals surface area (Å²) in [5.41, 5.74) is 4.87. The van der Waals surface area contributed by atoms with Gasteiger partial charge in [-0.15, -0.1) is 0 Å². The van der Waals surface area contributed by atoms with E-state index in [1.807, 2.05) is 36.4 Å². The number of hydrogen-bond donors (Lipinski definition) is 1. The molecule has 0 bridgehead atoms. The molecule has 0 atom stereocenters. The van der Waals surface area contributed by atoms with Gasteiger partial charge >= 0.3 is 0 Å². The highest BCUT2D eigenvalue weighted by atomic mass is 19.1. The molecule has 1 heterocycles. The van der Waals surface area contributed by atoms with Crippen molar-refractivity contribution in [3.8, 4) is 0 Å². The standard InChI is InChI=1S/C19H14FN3O/c20-17-10-4-8-15(12-17)19(24)23-22-18(14-6-2-1-3-7-14)16-9-5-11-21-13-16/h1-13H,(H,23,24)/b22-18-. The van der Waals surface area contributed by atoms with Gasteiger partial charge in [-0.2, -0.15) is 5.10 Å². The van der Waals surface area contributed by atoms with Crippen molar-refractivity contribution in [3.63, 3.8) is 0 Å². The predicted molar refractivity (Wildman–Crippen MR) is 90.2 cm³/mol. The van der Waals surface area contributed by atoms with Gasteiger partial charge in [-0.3, -0.25) is 9.78 Å². The number of aromatic nitrogens is 1. The second kappa shape index (κ2) is 7.28. The minimum atomic E-state index is -0.480. The van der Waals surface area contributed by atoms with E-state index < -0.39 is 11.7 Å². The number of nitrogens with one attached hydrogen (secondary N) is 1. The van der Waals surface area contributed by atoms with E-state index in [4.69, 9.17) is 0 Å². The normalized spacial score (nSPS) is 11.1. The third kappa shape index (κ3) is 3.70. The Kier molecular flexibility index (Phi) is 4.72. The monoisotopic (exact) mass is 319 g/mol. The molecule has 1 N–H and O–H groups in total. The molecular formula is C19H14FN3O. The zero-order chi connectivity index (χ0) is 16.8. The molecule has 4 nitrogen and oxygen atoms in total. The van der Waals surface area contributed by atoms with Gasteiger partial charge in [0, 0.05) is 29.1 Å². The third-order valence-electron chi connectivity index (χ3n) is 3.34. The highest BCUT2D eigenvalue weighted by molar-refractivity contribution is 6.13. The first kappa shape index (κ1) is 15.6. The molecule has 0 aliphatic carbocycles. The number of halogens is 1. The Morgan fingerprint density at radius 3 is 2.38 bits per heavy atom. The smallest absolute Gasteiger partial charge is 0.267 e. The Morgan fingerprint density at radius 2 is 1.67 bits per heavy atom. The van der Waals surface area contributed by atoms with Crippen molar-refractivity contribution in [1.82, 2.24) is 10.4 Å². The summed E-state index contributed by atoms with van der Waals surface area (Å²) in [6.07, 6.45) is 3.33. The van der Waals surface area contributed by atoms with Crippen LogP contribution >= 0.6 is 0 Å². The maximum absolute atomic E-state index is 13.2. The van der Waals surface area contributed by atoms with Crippen LogP contribution in [0.5, 0.6) is 0 Å². The molecule has 3 rings (SSSR count). The largest absolute Gasteiger partial charge is 0.271 e. The highest BCUT2D eigenvalue weighted by Crippen LogP contribution is 2.10. The zero-order valence-electron chi connectivity index (χ0n) is 12.7. The average molecular weight is 319 g/mol. The van der Waals surface area contributed by atoms with E-state index in [1.54, 1.807) is 18.5 Å². The average Bonchev–Trinajstić information content (AvgIpc) is 2.63. The van der Waals surface area contributed by atoms with Gasteiger partial charge in [0.2, 0.25) is 0 Å². The number of hydrogen-bond acceptors (Lipinski definition) is 3. The molecule has 0 saturated heterocycles. The minimum absolute atomic E-state index is 0.206. The molecule has 0 aliphatic rings. The summed E-state index contributed by atoms with van der Waals surface area (Å²) in [7, 11) is 0. The van der Waals surface area contributed by atoms with Gasteiger partial charge < -0.3 is 0 Å². The van der Waals surface area contributed by atoms with Crippen molar-refractivity contribution in [2.45, 2.75) is 0 Å². The third-order valence-corrected chi connectivity index (χ3v) is 3.34. The van der Waals surface area contributed by atoms with Crippen molar-refractivity contribution in [2.75, 3.05) is 0 Å². The predicted octanol–water partition coefficient (Wildman–Crippen LogP) is 3.40. The van der Waals surface area contributed by atoms with E-state index in [0.717, 1.165) is 17.2 Å². The lowest BCUT2D eigenvalue weighted by atomic mass is 10.0. The van der Waals surface area contributed by atoms with Gasteiger partial charge in [-0.05, 0) is 30.3 Å². The van der Waals surface area contributed by atoms with Gasteiger partial charge in [0.15, 0.2) is 0 Å². The highest BCUT2D eigenvalue weighted by Gasteiger charge is 2.10. The molecule has 0 spiro atoms. The topological polar surface area (TPSA) is 54.4 Å². The Balaban J connectivity index is 1.91. The number of carbonyl (C=O) groups excluding carboxylic acids is 1. The van der Waals surface area contributed by atoms with Gasteiger partial charge in [0.05, 0.1) is 5.71 Å². The summed E-state index contributed by atoms with van der Waals surface area (Å²) in [5.74, 6) is -0.950. The maximum Gasteiger partial charge on any atom is 0.271 e. The van der Waals surface area contributed by atoms with Crippen LogP contribution in [0, 0.1) is 5.82 Å². The lowest BCUT2D eigenvalue weighted by Gasteiger charge is -2.07. The number of rotatable bonds is 4. The Hall–Kier alpha value is -3.34.